The molecule has 0 aromatic heterocycles. The standard InChI is InChI=1S/C15H14BrNO/c1-17(14-10-6-5-9-13(14)11-16)15(18)12-7-3-2-4-8-12/h2-10H,11H2,1H3. The molecular weight excluding hydrogens is 290 g/mol. The first-order chi connectivity index (χ1) is 8.74. The fourth-order valence-corrected chi connectivity index (χ4v) is 2.31. The zero-order valence-corrected chi connectivity index (χ0v) is 11.7. The van der Waals surface area contributed by atoms with Gasteiger partial charge in [0, 0.05) is 23.6 Å². The van der Waals surface area contributed by atoms with Gasteiger partial charge >= 0.3 is 0 Å². The molecule has 0 atom stereocenters. The number of hydrogen-bond donors (Lipinski definition) is 0. The minimum absolute atomic E-state index is 0.00370. The van der Waals surface area contributed by atoms with Crippen LogP contribution in [0.15, 0.2) is 54.6 Å². The molecule has 1 amide bonds. The van der Waals surface area contributed by atoms with Gasteiger partial charge in [-0.05, 0) is 23.8 Å². The Hall–Kier alpha value is -1.61. The first-order valence-corrected chi connectivity index (χ1v) is 6.83. The molecule has 0 radical (unpaired) electrons. The molecule has 2 aromatic rings. The summed E-state index contributed by atoms with van der Waals surface area (Å²) in [5.74, 6) is 0.00370. The summed E-state index contributed by atoms with van der Waals surface area (Å²) in [6, 6.07) is 17.2. The van der Waals surface area contributed by atoms with Crippen LogP contribution in [0.3, 0.4) is 0 Å². The van der Waals surface area contributed by atoms with E-state index in [9.17, 15) is 4.79 Å². The maximum absolute atomic E-state index is 12.3. The second-order valence-electron chi connectivity index (χ2n) is 3.99. The number of rotatable bonds is 3. The molecule has 2 rings (SSSR count). The molecule has 18 heavy (non-hydrogen) atoms. The van der Waals surface area contributed by atoms with Crippen molar-refractivity contribution in [3.8, 4) is 0 Å². The van der Waals surface area contributed by atoms with E-state index in [0.29, 0.717) is 5.56 Å². The van der Waals surface area contributed by atoms with Crippen molar-refractivity contribution in [1.82, 2.24) is 0 Å². The van der Waals surface area contributed by atoms with Gasteiger partial charge in [-0.15, -0.1) is 0 Å². The van der Waals surface area contributed by atoms with E-state index in [1.165, 1.54) is 0 Å². The Morgan fingerprint density at radius 3 is 2.33 bits per heavy atom. The average molecular weight is 304 g/mol. The maximum Gasteiger partial charge on any atom is 0.258 e. The van der Waals surface area contributed by atoms with Crippen LogP contribution in [0, 0.1) is 0 Å². The van der Waals surface area contributed by atoms with E-state index in [1.54, 1.807) is 11.9 Å². The topological polar surface area (TPSA) is 20.3 Å². The van der Waals surface area contributed by atoms with Crippen LogP contribution in [-0.4, -0.2) is 13.0 Å². The van der Waals surface area contributed by atoms with Crippen LogP contribution in [0.4, 0.5) is 5.69 Å². The molecule has 0 heterocycles. The Labute approximate surface area is 115 Å². The summed E-state index contributed by atoms with van der Waals surface area (Å²) in [6.07, 6.45) is 0. The highest BCUT2D eigenvalue weighted by Gasteiger charge is 2.15. The minimum atomic E-state index is 0.00370. The Morgan fingerprint density at radius 1 is 1.06 bits per heavy atom. The molecule has 0 fully saturated rings. The Morgan fingerprint density at radius 2 is 1.67 bits per heavy atom. The molecule has 0 N–H and O–H groups in total. The molecule has 0 unspecified atom stereocenters. The third kappa shape index (κ3) is 2.62. The van der Waals surface area contributed by atoms with Gasteiger partial charge in [0.25, 0.3) is 5.91 Å². The molecule has 0 spiro atoms. The molecule has 0 bridgehead atoms. The molecule has 0 saturated heterocycles. The molecule has 2 aromatic carbocycles. The summed E-state index contributed by atoms with van der Waals surface area (Å²) in [6.45, 7) is 0. The second-order valence-corrected chi connectivity index (χ2v) is 4.55. The van der Waals surface area contributed by atoms with E-state index in [1.807, 2.05) is 54.6 Å². The number of amides is 1. The van der Waals surface area contributed by atoms with Gasteiger partial charge in [0.2, 0.25) is 0 Å². The highest BCUT2D eigenvalue weighted by molar-refractivity contribution is 9.08. The van der Waals surface area contributed by atoms with Crippen LogP contribution in [0.2, 0.25) is 0 Å². The summed E-state index contributed by atoms with van der Waals surface area (Å²) >= 11 is 3.44. The van der Waals surface area contributed by atoms with Crippen LogP contribution in [0.1, 0.15) is 15.9 Å². The third-order valence-electron chi connectivity index (χ3n) is 2.82. The molecule has 0 aliphatic rings. The smallest absolute Gasteiger partial charge is 0.258 e. The van der Waals surface area contributed by atoms with Crippen LogP contribution >= 0.6 is 15.9 Å². The number of para-hydroxylation sites is 1. The molecule has 92 valence electrons. The Kier molecular flexibility index (Phi) is 4.15. The molecule has 0 aliphatic carbocycles. The number of anilines is 1. The SMILES string of the molecule is CN(C(=O)c1ccccc1)c1ccccc1CBr. The lowest BCUT2D eigenvalue weighted by Crippen LogP contribution is -2.26. The maximum atomic E-state index is 12.3. The van der Waals surface area contributed by atoms with Gasteiger partial charge in [-0.25, -0.2) is 0 Å². The molecule has 2 nitrogen and oxygen atoms in total. The van der Waals surface area contributed by atoms with Crippen molar-refractivity contribution < 1.29 is 4.79 Å². The van der Waals surface area contributed by atoms with Gasteiger partial charge in [0.15, 0.2) is 0 Å². The summed E-state index contributed by atoms with van der Waals surface area (Å²) in [4.78, 5) is 14.0. The van der Waals surface area contributed by atoms with Gasteiger partial charge in [-0.3, -0.25) is 4.79 Å². The lowest BCUT2D eigenvalue weighted by atomic mass is 10.1. The van der Waals surface area contributed by atoms with Crippen molar-refractivity contribution in [1.29, 1.82) is 0 Å². The van der Waals surface area contributed by atoms with Gasteiger partial charge in [-0.2, -0.15) is 0 Å². The number of carbonyl (C=O) groups excluding carboxylic acids is 1. The predicted molar refractivity (Wildman–Crippen MR) is 78.2 cm³/mol. The lowest BCUT2D eigenvalue weighted by Gasteiger charge is -2.20. The van der Waals surface area contributed by atoms with Crippen LogP contribution in [-0.2, 0) is 5.33 Å². The van der Waals surface area contributed by atoms with Crippen molar-refractivity contribution >= 4 is 27.5 Å². The summed E-state index contributed by atoms with van der Waals surface area (Å²) in [5, 5.41) is 0.732. The predicted octanol–water partition coefficient (Wildman–Crippen LogP) is 3.86. The number of halogens is 1. The second kappa shape index (κ2) is 5.83. The van der Waals surface area contributed by atoms with Crippen molar-refractivity contribution in [3.05, 3.63) is 65.7 Å². The van der Waals surface area contributed by atoms with E-state index >= 15 is 0 Å². The van der Waals surface area contributed by atoms with Crippen LogP contribution in [0.5, 0.6) is 0 Å². The molecule has 0 aliphatic heterocycles. The zero-order valence-electron chi connectivity index (χ0n) is 10.1. The monoisotopic (exact) mass is 303 g/mol. The fraction of sp³-hybridized carbons (Fsp3) is 0.133. The van der Waals surface area contributed by atoms with E-state index in [4.69, 9.17) is 0 Å². The average Bonchev–Trinajstić information content (AvgIpc) is 2.46. The zero-order chi connectivity index (χ0) is 13.0. The van der Waals surface area contributed by atoms with Gasteiger partial charge in [0.05, 0.1) is 0 Å². The van der Waals surface area contributed by atoms with Gasteiger partial charge in [0.1, 0.15) is 0 Å². The minimum Gasteiger partial charge on any atom is -0.311 e. The molecule has 0 saturated carbocycles. The quantitative estimate of drug-likeness (QED) is 0.789. The summed E-state index contributed by atoms with van der Waals surface area (Å²) in [5.41, 5.74) is 2.73. The third-order valence-corrected chi connectivity index (χ3v) is 3.43. The fourth-order valence-electron chi connectivity index (χ4n) is 1.83. The van der Waals surface area contributed by atoms with E-state index < -0.39 is 0 Å². The number of alkyl halides is 1. The van der Waals surface area contributed by atoms with E-state index in [-0.39, 0.29) is 5.91 Å². The highest BCUT2D eigenvalue weighted by Crippen LogP contribution is 2.22. The number of hydrogen-bond acceptors (Lipinski definition) is 1. The highest BCUT2D eigenvalue weighted by atomic mass is 79.9. The van der Waals surface area contributed by atoms with Gasteiger partial charge < -0.3 is 4.90 Å². The first-order valence-electron chi connectivity index (χ1n) is 5.71. The van der Waals surface area contributed by atoms with Crippen molar-refractivity contribution in [2.75, 3.05) is 11.9 Å². The lowest BCUT2D eigenvalue weighted by molar-refractivity contribution is 0.0993. The summed E-state index contributed by atoms with van der Waals surface area (Å²) < 4.78 is 0. The van der Waals surface area contributed by atoms with Crippen molar-refractivity contribution in [3.63, 3.8) is 0 Å². The van der Waals surface area contributed by atoms with E-state index in [2.05, 4.69) is 15.9 Å². The van der Waals surface area contributed by atoms with Crippen molar-refractivity contribution in [2.24, 2.45) is 0 Å². The molecular formula is C15H14BrNO. The van der Waals surface area contributed by atoms with Crippen LogP contribution in [0.25, 0.3) is 0 Å². The van der Waals surface area contributed by atoms with E-state index in [0.717, 1.165) is 16.6 Å². The molecule has 3 heteroatoms. The number of carbonyl (C=O) groups is 1. The number of nitrogens with zero attached hydrogens (tertiary/aromatic N) is 1. The Bertz CT molecular complexity index is 539. The van der Waals surface area contributed by atoms with Crippen molar-refractivity contribution in [2.45, 2.75) is 5.33 Å². The van der Waals surface area contributed by atoms with Gasteiger partial charge in [-0.1, -0.05) is 52.3 Å². The van der Waals surface area contributed by atoms with Crippen LogP contribution < -0.4 is 4.90 Å². The Balaban J connectivity index is 2.31. The largest absolute Gasteiger partial charge is 0.311 e. The normalized spacial score (nSPS) is 10.1. The summed E-state index contributed by atoms with van der Waals surface area (Å²) in [7, 11) is 1.80. The first kappa shape index (κ1) is 12.8. The number of benzene rings is 2.